The lowest BCUT2D eigenvalue weighted by Crippen LogP contribution is -3.14. The fourth-order valence-corrected chi connectivity index (χ4v) is 5.00. The number of carbonyl (C=O) groups is 2. The molecule has 1 amide bonds. The molecule has 0 aromatic carbocycles. The molecule has 0 aromatic heterocycles. The maximum absolute atomic E-state index is 12.9. The van der Waals surface area contributed by atoms with Crippen molar-refractivity contribution in [3.8, 4) is 0 Å². The fourth-order valence-electron chi connectivity index (χ4n) is 5.00. The molecule has 1 saturated carbocycles. The van der Waals surface area contributed by atoms with Gasteiger partial charge in [0.25, 0.3) is 0 Å². The van der Waals surface area contributed by atoms with Crippen LogP contribution in [0, 0.1) is 17.8 Å². The number of likely N-dealkylation sites (tertiary alicyclic amines) is 1. The Labute approximate surface area is 156 Å². The van der Waals surface area contributed by atoms with Crippen molar-refractivity contribution < 1.29 is 24.3 Å². The van der Waals surface area contributed by atoms with Crippen LogP contribution in [-0.2, 0) is 14.3 Å². The molecule has 3 aliphatic rings. The van der Waals surface area contributed by atoms with Crippen molar-refractivity contribution in [3.63, 3.8) is 0 Å². The van der Waals surface area contributed by atoms with Gasteiger partial charge in [0.2, 0.25) is 5.91 Å². The first-order valence-corrected chi connectivity index (χ1v) is 10.5. The predicted molar refractivity (Wildman–Crippen MR) is 95.4 cm³/mol. The van der Waals surface area contributed by atoms with E-state index >= 15 is 0 Å². The molecule has 6 nitrogen and oxygen atoms in total. The second kappa shape index (κ2) is 9.70. The second-order valence-corrected chi connectivity index (χ2v) is 8.41. The quantitative estimate of drug-likeness (QED) is 0.686. The zero-order valence-corrected chi connectivity index (χ0v) is 15.9. The van der Waals surface area contributed by atoms with Gasteiger partial charge in [-0.25, -0.2) is 0 Å². The molecule has 2 aliphatic heterocycles. The number of ether oxygens (including phenoxy) is 1. The molecule has 1 N–H and O–H groups in total. The summed E-state index contributed by atoms with van der Waals surface area (Å²) >= 11 is 0. The summed E-state index contributed by atoms with van der Waals surface area (Å²) in [6.45, 7) is 6.18. The SMILES string of the molecule is O=C([O-])C[C@@H]1CCN(C(=O)C2CCCCC2)C[C@@H]1CC[NH+]1CCOCC1. The van der Waals surface area contributed by atoms with Gasteiger partial charge in [0, 0.05) is 31.4 Å². The Morgan fingerprint density at radius 2 is 1.77 bits per heavy atom. The van der Waals surface area contributed by atoms with Gasteiger partial charge in [0.15, 0.2) is 0 Å². The van der Waals surface area contributed by atoms with Crippen LogP contribution in [0.4, 0.5) is 0 Å². The fraction of sp³-hybridized carbons (Fsp3) is 0.900. The van der Waals surface area contributed by atoms with E-state index in [4.69, 9.17) is 4.74 Å². The van der Waals surface area contributed by atoms with E-state index in [-0.39, 0.29) is 24.2 Å². The maximum Gasteiger partial charge on any atom is 0.225 e. The van der Waals surface area contributed by atoms with Crippen LogP contribution in [-0.4, -0.2) is 62.7 Å². The Morgan fingerprint density at radius 3 is 2.46 bits per heavy atom. The number of aliphatic carboxylic acids is 1. The zero-order chi connectivity index (χ0) is 18.4. The number of morpholine rings is 1. The van der Waals surface area contributed by atoms with E-state index in [1.807, 2.05) is 4.90 Å². The Balaban J connectivity index is 1.56. The summed E-state index contributed by atoms with van der Waals surface area (Å²) < 4.78 is 5.42. The summed E-state index contributed by atoms with van der Waals surface area (Å²) in [6, 6.07) is 0. The van der Waals surface area contributed by atoms with Gasteiger partial charge in [-0.15, -0.1) is 0 Å². The van der Waals surface area contributed by atoms with Crippen LogP contribution in [0.2, 0.25) is 0 Å². The molecule has 0 bridgehead atoms. The highest BCUT2D eigenvalue weighted by Crippen LogP contribution is 2.32. The highest BCUT2D eigenvalue weighted by Gasteiger charge is 2.35. The first-order chi connectivity index (χ1) is 12.6. The van der Waals surface area contributed by atoms with E-state index in [2.05, 4.69) is 0 Å². The van der Waals surface area contributed by atoms with Gasteiger partial charge in [0.05, 0.1) is 19.8 Å². The number of nitrogens with one attached hydrogen (secondary N) is 1. The number of carbonyl (C=O) groups excluding carboxylic acids is 2. The van der Waals surface area contributed by atoms with Crippen molar-refractivity contribution in [2.24, 2.45) is 17.8 Å². The minimum atomic E-state index is -0.953. The predicted octanol–water partition coefficient (Wildman–Crippen LogP) is -0.523. The zero-order valence-electron chi connectivity index (χ0n) is 15.9. The van der Waals surface area contributed by atoms with Gasteiger partial charge in [-0.3, -0.25) is 4.79 Å². The third kappa shape index (κ3) is 5.43. The molecule has 0 spiro atoms. The van der Waals surface area contributed by atoms with Crippen molar-refractivity contribution in [1.29, 1.82) is 0 Å². The van der Waals surface area contributed by atoms with Crippen molar-refractivity contribution in [2.75, 3.05) is 45.9 Å². The van der Waals surface area contributed by atoms with Crippen molar-refractivity contribution in [3.05, 3.63) is 0 Å². The second-order valence-electron chi connectivity index (χ2n) is 8.41. The molecule has 148 valence electrons. The van der Waals surface area contributed by atoms with E-state index in [1.54, 1.807) is 4.90 Å². The summed E-state index contributed by atoms with van der Waals surface area (Å²) in [6.07, 6.45) is 7.57. The van der Waals surface area contributed by atoms with Gasteiger partial charge < -0.3 is 24.4 Å². The van der Waals surface area contributed by atoms with Gasteiger partial charge in [-0.1, -0.05) is 19.3 Å². The lowest BCUT2D eigenvalue weighted by molar-refractivity contribution is -0.908. The Bertz CT molecular complexity index is 472. The minimum Gasteiger partial charge on any atom is -0.550 e. The molecule has 6 heteroatoms. The standard InChI is InChI=1S/C20H34N2O4/c23-19(24)14-17-7-9-22(20(25)16-4-2-1-3-5-16)15-18(17)6-8-21-10-12-26-13-11-21/h16-18H,1-15H2,(H,23,24)/t17-,18-/m0/s1. The Kier molecular flexibility index (Phi) is 7.32. The summed E-state index contributed by atoms with van der Waals surface area (Å²) in [4.78, 5) is 27.7. The summed E-state index contributed by atoms with van der Waals surface area (Å²) in [5, 5.41) is 11.2. The first kappa shape index (κ1) is 19.6. The van der Waals surface area contributed by atoms with Crippen LogP contribution < -0.4 is 10.0 Å². The van der Waals surface area contributed by atoms with Gasteiger partial charge in [0.1, 0.15) is 13.1 Å². The molecule has 1 aliphatic carbocycles. The third-order valence-corrected chi connectivity index (χ3v) is 6.65. The molecule has 2 heterocycles. The van der Waals surface area contributed by atoms with Gasteiger partial charge in [-0.2, -0.15) is 0 Å². The molecular weight excluding hydrogens is 332 g/mol. The summed E-state index contributed by atoms with van der Waals surface area (Å²) in [5.74, 6) is -0.00145. The van der Waals surface area contributed by atoms with Crippen molar-refractivity contribution >= 4 is 11.9 Å². The molecule has 2 saturated heterocycles. The maximum atomic E-state index is 12.9. The normalized spacial score (nSPS) is 28.8. The smallest absolute Gasteiger partial charge is 0.225 e. The first-order valence-electron chi connectivity index (χ1n) is 10.5. The lowest BCUT2D eigenvalue weighted by Gasteiger charge is -2.41. The molecule has 0 radical (unpaired) electrons. The largest absolute Gasteiger partial charge is 0.550 e. The number of rotatable bonds is 6. The van der Waals surface area contributed by atoms with Gasteiger partial charge in [-0.05, 0) is 37.5 Å². The molecule has 3 rings (SSSR count). The number of nitrogens with zero attached hydrogens (tertiary/aromatic N) is 1. The van der Waals surface area contributed by atoms with Crippen LogP contribution >= 0.6 is 0 Å². The summed E-state index contributed by atoms with van der Waals surface area (Å²) in [7, 11) is 0. The van der Waals surface area contributed by atoms with E-state index in [0.717, 1.165) is 65.1 Å². The molecule has 0 unspecified atom stereocenters. The van der Waals surface area contributed by atoms with Crippen LogP contribution in [0.15, 0.2) is 0 Å². The topological polar surface area (TPSA) is 74.1 Å². The molecule has 26 heavy (non-hydrogen) atoms. The monoisotopic (exact) mass is 366 g/mol. The van der Waals surface area contributed by atoms with Crippen LogP contribution in [0.25, 0.3) is 0 Å². The number of hydrogen-bond acceptors (Lipinski definition) is 4. The number of piperidine rings is 1. The molecule has 2 atom stereocenters. The van der Waals surface area contributed by atoms with E-state index in [1.165, 1.54) is 19.3 Å². The number of carboxylic acid groups (broad SMARTS) is 1. The Hall–Kier alpha value is -1.14. The lowest BCUT2D eigenvalue weighted by atomic mass is 9.80. The van der Waals surface area contributed by atoms with Crippen molar-refractivity contribution in [1.82, 2.24) is 4.90 Å². The highest BCUT2D eigenvalue weighted by atomic mass is 16.5. The number of amides is 1. The van der Waals surface area contributed by atoms with Crippen LogP contribution in [0.5, 0.6) is 0 Å². The molecule has 0 aromatic rings. The van der Waals surface area contributed by atoms with E-state index in [9.17, 15) is 14.7 Å². The van der Waals surface area contributed by atoms with E-state index in [0.29, 0.717) is 12.5 Å². The molecule has 3 fully saturated rings. The number of quaternary nitrogens is 1. The highest BCUT2D eigenvalue weighted by molar-refractivity contribution is 5.79. The molecular formula is C20H34N2O4. The van der Waals surface area contributed by atoms with Crippen LogP contribution in [0.1, 0.15) is 51.4 Å². The van der Waals surface area contributed by atoms with Crippen molar-refractivity contribution in [2.45, 2.75) is 51.4 Å². The van der Waals surface area contributed by atoms with Crippen LogP contribution in [0.3, 0.4) is 0 Å². The summed E-state index contributed by atoms with van der Waals surface area (Å²) in [5.41, 5.74) is 0. The average molecular weight is 367 g/mol. The minimum absolute atomic E-state index is 0.134. The van der Waals surface area contributed by atoms with E-state index < -0.39 is 5.97 Å². The Morgan fingerprint density at radius 1 is 1.04 bits per heavy atom. The number of hydrogen-bond donors (Lipinski definition) is 1. The van der Waals surface area contributed by atoms with Gasteiger partial charge >= 0.3 is 0 Å². The average Bonchev–Trinajstić information content (AvgIpc) is 2.68. The number of carboxylic acids is 1. The third-order valence-electron chi connectivity index (χ3n) is 6.65.